The van der Waals surface area contributed by atoms with Crippen LogP contribution in [0.4, 0.5) is 0 Å². The Morgan fingerprint density at radius 1 is 1.25 bits per heavy atom. The molecular formula is C14H27N3O2S. The second-order valence-corrected chi connectivity index (χ2v) is 7.54. The van der Waals surface area contributed by atoms with Gasteiger partial charge in [-0.1, -0.05) is 13.8 Å². The molecule has 116 valence electrons. The summed E-state index contributed by atoms with van der Waals surface area (Å²) in [4.78, 5) is 0. The Bertz CT molecular complexity index is 521. The molecule has 20 heavy (non-hydrogen) atoms. The lowest BCUT2D eigenvalue weighted by Gasteiger charge is -2.06. The maximum Gasteiger partial charge on any atom is 0.151 e. The molecule has 1 N–H and O–H groups in total. The molecule has 0 aromatic carbocycles. The molecular weight excluding hydrogens is 274 g/mol. The molecule has 0 aliphatic carbocycles. The molecule has 0 fully saturated rings. The number of hydrogen-bond donors (Lipinski definition) is 1. The van der Waals surface area contributed by atoms with E-state index in [1.54, 1.807) is 6.92 Å². The Morgan fingerprint density at radius 2 is 1.95 bits per heavy atom. The molecule has 0 saturated carbocycles. The zero-order valence-corrected chi connectivity index (χ0v) is 13.9. The molecule has 0 atom stereocenters. The third-order valence-corrected chi connectivity index (χ3v) is 5.30. The van der Waals surface area contributed by atoms with E-state index in [2.05, 4.69) is 17.3 Å². The molecule has 0 bridgehead atoms. The number of nitrogens with one attached hydrogen (secondary N) is 1. The molecule has 1 rings (SSSR count). The highest BCUT2D eigenvalue weighted by atomic mass is 32.2. The van der Waals surface area contributed by atoms with Gasteiger partial charge >= 0.3 is 0 Å². The molecule has 0 radical (unpaired) electrons. The molecule has 0 spiro atoms. The van der Waals surface area contributed by atoms with E-state index in [1.807, 2.05) is 18.5 Å². The van der Waals surface area contributed by atoms with E-state index in [0.717, 1.165) is 37.3 Å². The summed E-state index contributed by atoms with van der Waals surface area (Å²) in [6, 6.07) is 0. The van der Waals surface area contributed by atoms with Gasteiger partial charge in [-0.2, -0.15) is 5.10 Å². The number of hydrogen-bond acceptors (Lipinski definition) is 4. The van der Waals surface area contributed by atoms with Gasteiger partial charge in [-0.25, -0.2) is 8.42 Å². The van der Waals surface area contributed by atoms with Crippen LogP contribution in [0.2, 0.25) is 0 Å². The van der Waals surface area contributed by atoms with E-state index >= 15 is 0 Å². The predicted octanol–water partition coefficient (Wildman–Crippen LogP) is 1.48. The molecule has 1 heterocycles. The fourth-order valence-corrected chi connectivity index (χ4v) is 2.99. The van der Waals surface area contributed by atoms with Gasteiger partial charge in [0.15, 0.2) is 9.84 Å². The van der Waals surface area contributed by atoms with Crippen molar-refractivity contribution in [3.8, 4) is 0 Å². The lowest BCUT2D eigenvalue weighted by Crippen LogP contribution is -2.16. The zero-order chi connectivity index (χ0) is 15.2. The first kappa shape index (κ1) is 17.2. The van der Waals surface area contributed by atoms with Gasteiger partial charge < -0.3 is 5.32 Å². The summed E-state index contributed by atoms with van der Waals surface area (Å²) >= 11 is 0. The Labute approximate surface area is 122 Å². The minimum Gasteiger partial charge on any atom is -0.317 e. The molecule has 1 aromatic rings. The van der Waals surface area contributed by atoms with Gasteiger partial charge in [0, 0.05) is 11.4 Å². The van der Waals surface area contributed by atoms with Crippen LogP contribution < -0.4 is 5.32 Å². The van der Waals surface area contributed by atoms with Gasteiger partial charge in [0.05, 0.1) is 18.0 Å². The minimum atomic E-state index is -2.93. The Hall–Kier alpha value is -0.880. The van der Waals surface area contributed by atoms with E-state index in [9.17, 15) is 8.42 Å². The quantitative estimate of drug-likeness (QED) is 0.702. The lowest BCUT2D eigenvalue weighted by molar-refractivity contribution is 0.577. The van der Waals surface area contributed by atoms with Crippen molar-refractivity contribution in [2.45, 2.75) is 47.1 Å². The van der Waals surface area contributed by atoms with E-state index < -0.39 is 9.84 Å². The lowest BCUT2D eigenvalue weighted by atomic mass is 10.1. The Balaban J connectivity index is 2.66. The first-order valence-electron chi connectivity index (χ1n) is 7.35. The third-order valence-electron chi connectivity index (χ3n) is 3.62. The highest BCUT2D eigenvalue weighted by Gasteiger charge is 2.13. The number of nitrogens with zero attached hydrogens (tertiary/aromatic N) is 2. The minimum absolute atomic E-state index is 0.169. The van der Waals surface area contributed by atoms with E-state index in [4.69, 9.17) is 0 Å². The second kappa shape index (κ2) is 7.78. The van der Waals surface area contributed by atoms with Crippen LogP contribution in [0, 0.1) is 13.8 Å². The molecule has 0 unspecified atom stereocenters. The van der Waals surface area contributed by atoms with Crippen LogP contribution in [0.15, 0.2) is 0 Å². The average Bonchev–Trinajstić information content (AvgIpc) is 2.68. The van der Waals surface area contributed by atoms with Crippen molar-refractivity contribution in [2.75, 3.05) is 24.6 Å². The van der Waals surface area contributed by atoms with Crippen LogP contribution in [0.3, 0.4) is 0 Å². The van der Waals surface area contributed by atoms with Gasteiger partial charge in [-0.15, -0.1) is 0 Å². The van der Waals surface area contributed by atoms with Crippen molar-refractivity contribution in [2.24, 2.45) is 0 Å². The Morgan fingerprint density at radius 3 is 2.55 bits per heavy atom. The smallest absolute Gasteiger partial charge is 0.151 e. The standard InChI is InChI=1S/C14H27N3O2S/c1-5-15-9-7-8-14-12(3)16-17(13(14)4)10-11-20(18,19)6-2/h15H,5-11H2,1-4H3. The van der Waals surface area contributed by atoms with Crippen molar-refractivity contribution in [1.29, 1.82) is 0 Å². The summed E-state index contributed by atoms with van der Waals surface area (Å²) in [5, 5.41) is 7.79. The normalized spacial score (nSPS) is 12.0. The summed E-state index contributed by atoms with van der Waals surface area (Å²) in [5.41, 5.74) is 3.38. The average molecular weight is 301 g/mol. The van der Waals surface area contributed by atoms with Crippen LogP contribution in [0.25, 0.3) is 0 Å². The topological polar surface area (TPSA) is 64.0 Å². The highest BCUT2D eigenvalue weighted by Crippen LogP contribution is 2.15. The van der Waals surface area contributed by atoms with Gasteiger partial charge in [0.25, 0.3) is 0 Å². The van der Waals surface area contributed by atoms with Crippen molar-refractivity contribution in [1.82, 2.24) is 15.1 Å². The number of sulfone groups is 1. The van der Waals surface area contributed by atoms with Crippen LogP contribution in [-0.2, 0) is 22.8 Å². The molecule has 6 heteroatoms. The zero-order valence-electron chi connectivity index (χ0n) is 13.1. The van der Waals surface area contributed by atoms with E-state index in [0.29, 0.717) is 6.54 Å². The molecule has 5 nitrogen and oxygen atoms in total. The van der Waals surface area contributed by atoms with E-state index in [-0.39, 0.29) is 11.5 Å². The van der Waals surface area contributed by atoms with Crippen molar-refractivity contribution in [3.63, 3.8) is 0 Å². The maximum atomic E-state index is 11.6. The summed E-state index contributed by atoms with van der Waals surface area (Å²) in [6.45, 7) is 10.3. The molecule has 0 aliphatic heterocycles. The fraction of sp³-hybridized carbons (Fsp3) is 0.786. The number of aryl methyl sites for hydroxylation is 2. The first-order valence-corrected chi connectivity index (χ1v) is 9.17. The van der Waals surface area contributed by atoms with Crippen molar-refractivity contribution >= 4 is 9.84 Å². The molecule has 0 amide bonds. The van der Waals surface area contributed by atoms with Gasteiger partial charge in [0.2, 0.25) is 0 Å². The van der Waals surface area contributed by atoms with Crippen LogP contribution >= 0.6 is 0 Å². The van der Waals surface area contributed by atoms with Gasteiger partial charge in [-0.05, 0) is 45.3 Å². The number of aromatic nitrogens is 2. The first-order chi connectivity index (χ1) is 9.41. The van der Waals surface area contributed by atoms with Gasteiger partial charge in [0.1, 0.15) is 0 Å². The second-order valence-electron chi connectivity index (χ2n) is 5.07. The maximum absolute atomic E-state index is 11.6. The van der Waals surface area contributed by atoms with Crippen molar-refractivity contribution in [3.05, 3.63) is 17.0 Å². The highest BCUT2D eigenvalue weighted by molar-refractivity contribution is 7.91. The summed E-state index contributed by atoms with van der Waals surface area (Å²) in [5.74, 6) is 0.365. The summed E-state index contributed by atoms with van der Waals surface area (Å²) < 4.78 is 25.0. The van der Waals surface area contributed by atoms with Crippen LogP contribution in [-0.4, -0.2) is 42.8 Å². The molecule has 0 aliphatic rings. The van der Waals surface area contributed by atoms with E-state index in [1.165, 1.54) is 5.56 Å². The monoisotopic (exact) mass is 301 g/mol. The van der Waals surface area contributed by atoms with Gasteiger partial charge in [-0.3, -0.25) is 4.68 Å². The SMILES string of the molecule is CCNCCCc1c(C)nn(CCS(=O)(=O)CC)c1C. The summed E-state index contributed by atoms with van der Waals surface area (Å²) in [6.07, 6.45) is 2.07. The molecule has 1 aromatic heterocycles. The predicted molar refractivity (Wildman–Crippen MR) is 82.9 cm³/mol. The number of rotatable bonds is 9. The largest absolute Gasteiger partial charge is 0.317 e. The Kier molecular flexibility index (Phi) is 6.68. The summed E-state index contributed by atoms with van der Waals surface area (Å²) in [7, 11) is -2.93. The van der Waals surface area contributed by atoms with Crippen molar-refractivity contribution < 1.29 is 8.42 Å². The third kappa shape index (κ3) is 4.90. The van der Waals surface area contributed by atoms with Crippen LogP contribution in [0.1, 0.15) is 37.2 Å². The fourth-order valence-electron chi connectivity index (χ4n) is 2.25. The molecule has 0 saturated heterocycles. The van der Waals surface area contributed by atoms with Crippen LogP contribution in [0.5, 0.6) is 0 Å².